The van der Waals surface area contributed by atoms with E-state index in [0.717, 1.165) is 24.1 Å². The third kappa shape index (κ3) is 5.46. The van der Waals surface area contributed by atoms with E-state index in [0.29, 0.717) is 62.6 Å². The molecule has 5 heterocycles. The maximum absolute atomic E-state index is 14.4. The van der Waals surface area contributed by atoms with Crippen LogP contribution in [0.1, 0.15) is 59.2 Å². The van der Waals surface area contributed by atoms with Crippen LogP contribution in [-0.2, 0) is 21.5 Å². The van der Waals surface area contributed by atoms with Gasteiger partial charge in [-0.3, -0.25) is 14.4 Å². The lowest BCUT2D eigenvalue weighted by atomic mass is 9.71. The van der Waals surface area contributed by atoms with Gasteiger partial charge in [0.15, 0.2) is 11.5 Å². The predicted molar refractivity (Wildman–Crippen MR) is 171 cm³/mol. The Morgan fingerprint density at radius 2 is 2.00 bits per heavy atom. The highest BCUT2D eigenvalue weighted by Crippen LogP contribution is 2.67. The van der Waals surface area contributed by atoms with Gasteiger partial charge in [-0.05, 0) is 61.4 Å². The number of likely N-dealkylation sites (tertiary alicyclic amines) is 1. The zero-order chi connectivity index (χ0) is 34.9. The Bertz CT molecular complexity index is 2160. The number of carbonyl (C=O) groups is 2. The van der Waals surface area contributed by atoms with Crippen molar-refractivity contribution in [2.75, 3.05) is 31.6 Å². The van der Waals surface area contributed by atoms with Crippen LogP contribution in [-0.4, -0.2) is 78.6 Å². The Morgan fingerprint density at radius 3 is 2.70 bits per heavy atom. The summed E-state index contributed by atoms with van der Waals surface area (Å²) >= 11 is 6.21. The minimum atomic E-state index is -4.91. The molecule has 1 aromatic carbocycles. The molecule has 1 saturated carbocycles. The van der Waals surface area contributed by atoms with Gasteiger partial charge in [0.2, 0.25) is 11.7 Å². The summed E-state index contributed by atoms with van der Waals surface area (Å²) in [5, 5.41) is 17.3. The van der Waals surface area contributed by atoms with E-state index in [1.54, 1.807) is 9.47 Å². The minimum Gasteiger partial charge on any atom is -0.505 e. The number of ether oxygens (including phenoxy) is 2. The van der Waals surface area contributed by atoms with Crippen LogP contribution >= 0.6 is 11.6 Å². The van der Waals surface area contributed by atoms with Gasteiger partial charge in [0.1, 0.15) is 18.0 Å². The lowest BCUT2D eigenvalue weighted by Crippen LogP contribution is -2.48. The normalized spacial score (nSPS) is 20.7. The number of nitrogens with one attached hydrogen (secondary N) is 1. The molecule has 0 bridgehead atoms. The summed E-state index contributed by atoms with van der Waals surface area (Å²) < 4.78 is 50.4. The van der Waals surface area contributed by atoms with Crippen LogP contribution in [0.4, 0.5) is 18.9 Å². The van der Waals surface area contributed by atoms with E-state index < -0.39 is 29.3 Å². The molecule has 8 rings (SSSR count). The summed E-state index contributed by atoms with van der Waals surface area (Å²) in [4.78, 5) is 51.7. The Balaban J connectivity index is 1.15. The fraction of sp³-hybridized carbons (Fsp3) is 0.394. The minimum absolute atomic E-state index is 0.0255. The molecule has 2 fully saturated rings. The van der Waals surface area contributed by atoms with E-state index in [1.807, 2.05) is 6.08 Å². The van der Waals surface area contributed by atoms with Crippen molar-refractivity contribution in [3.05, 3.63) is 80.8 Å². The van der Waals surface area contributed by atoms with Crippen LogP contribution in [0.15, 0.2) is 47.4 Å². The molecule has 2 N–H and O–H groups in total. The monoisotopic (exact) mass is 711 g/mol. The molecular formula is C33H29ClF3N7O6. The number of piperidine rings is 1. The van der Waals surface area contributed by atoms with E-state index in [2.05, 4.69) is 20.1 Å². The highest BCUT2D eigenvalue weighted by atomic mass is 35.5. The number of nitrogens with zero attached hydrogens (tertiary/aromatic N) is 6. The molecule has 4 aliphatic rings. The zero-order valence-corrected chi connectivity index (χ0v) is 27.0. The van der Waals surface area contributed by atoms with Gasteiger partial charge >= 0.3 is 6.36 Å². The predicted octanol–water partition coefficient (Wildman–Crippen LogP) is 4.28. The summed E-state index contributed by atoms with van der Waals surface area (Å²) in [6.45, 7) is 1.22. The van der Waals surface area contributed by atoms with Crippen molar-refractivity contribution in [1.82, 2.24) is 29.0 Å². The zero-order valence-electron chi connectivity index (χ0n) is 26.2. The highest BCUT2D eigenvalue weighted by molar-refractivity contribution is 6.33. The lowest BCUT2D eigenvalue weighted by Gasteiger charge is -2.41. The number of rotatable bonds is 6. The molecule has 2 aliphatic heterocycles. The number of anilines is 1. The number of hydrogen-bond acceptors (Lipinski definition) is 9. The first-order valence-electron chi connectivity index (χ1n) is 16.0. The van der Waals surface area contributed by atoms with Crippen molar-refractivity contribution in [2.45, 2.75) is 49.9 Å². The number of pyridine rings is 1. The number of alkyl halides is 3. The SMILES string of the molecule is O=C(Cn1c2c(c(=O)n3nc(C4=CCOCC4)nc13)C1(CCN(C(=O)c3ncccc3O)CC1)C1CC21)Nc1ccc(OC(F)(F)F)cc1Cl. The number of carbonyl (C=O) groups excluding carboxylic acids is 2. The van der Waals surface area contributed by atoms with Crippen LogP contribution in [0.25, 0.3) is 11.4 Å². The summed E-state index contributed by atoms with van der Waals surface area (Å²) in [6, 6.07) is 6.16. The van der Waals surface area contributed by atoms with Crippen LogP contribution in [0, 0.1) is 5.92 Å². The van der Waals surface area contributed by atoms with Crippen LogP contribution in [0.5, 0.6) is 11.5 Å². The quantitative estimate of drug-likeness (QED) is 0.299. The van der Waals surface area contributed by atoms with Crippen molar-refractivity contribution < 1.29 is 37.3 Å². The van der Waals surface area contributed by atoms with Crippen LogP contribution in [0.3, 0.4) is 0 Å². The second-order valence-electron chi connectivity index (χ2n) is 12.9. The van der Waals surface area contributed by atoms with Gasteiger partial charge in [0.05, 0.1) is 23.9 Å². The summed E-state index contributed by atoms with van der Waals surface area (Å²) in [5.74, 6) is -1.06. The Morgan fingerprint density at radius 1 is 1.20 bits per heavy atom. The first-order valence-corrected chi connectivity index (χ1v) is 16.4. The molecule has 1 saturated heterocycles. The van der Waals surface area contributed by atoms with Crippen molar-refractivity contribution in [3.8, 4) is 11.5 Å². The number of hydrogen-bond donors (Lipinski definition) is 2. The van der Waals surface area contributed by atoms with Gasteiger partial charge in [-0.15, -0.1) is 18.3 Å². The van der Waals surface area contributed by atoms with Crippen LogP contribution < -0.4 is 15.6 Å². The molecule has 2 amide bonds. The van der Waals surface area contributed by atoms with E-state index in [4.69, 9.17) is 21.3 Å². The first kappa shape index (κ1) is 32.3. The third-order valence-corrected chi connectivity index (χ3v) is 10.4. The molecule has 2 unspecified atom stereocenters. The summed E-state index contributed by atoms with van der Waals surface area (Å²) in [6.07, 6.45) is 0.689. The fourth-order valence-corrected chi connectivity index (χ4v) is 8.03. The average molecular weight is 712 g/mol. The lowest BCUT2D eigenvalue weighted by molar-refractivity contribution is -0.274. The fourth-order valence-electron chi connectivity index (χ4n) is 7.81. The van der Waals surface area contributed by atoms with Crippen molar-refractivity contribution in [2.24, 2.45) is 5.92 Å². The standard InChI is InChI=1S/C33H29ClF3N7O6/c34-21-14-18(50-33(35,36)37)3-4-22(21)39-24(46)16-43-27-19-15-20(19)32(7-10-42(11-8-32)30(48)26-23(45)2-1-9-38-26)25(27)29(47)44-31(43)40-28(41-44)17-5-12-49-13-6-17/h1-5,9,14,19-20,45H,6-8,10-13,15-16H2,(H,39,46). The number of fused-ring (bicyclic) bond motifs is 6. The molecule has 1 spiro atoms. The van der Waals surface area contributed by atoms with Gasteiger partial charge in [0, 0.05) is 47.9 Å². The van der Waals surface area contributed by atoms with Crippen molar-refractivity contribution in [1.29, 1.82) is 0 Å². The van der Waals surface area contributed by atoms with Gasteiger partial charge in [-0.25, -0.2) is 4.98 Å². The maximum Gasteiger partial charge on any atom is 0.573 e. The van der Waals surface area contributed by atoms with E-state index in [-0.39, 0.29) is 51.9 Å². The number of amides is 2. The van der Waals surface area contributed by atoms with Gasteiger partial charge in [-0.1, -0.05) is 17.7 Å². The molecule has 260 valence electrons. The average Bonchev–Trinajstić information content (AvgIpc) is 3.68. The van der Waals surface area contributed by atoms with Crippen molar-refractivity contribution >= 4 is 40.5 Å². The van der Waals surface area contributed by atoms with Gasteiger partial charge in [0.25, 0.3) is 11.5 Å². The summed E-state index contributed by atoms with van der Waals surface area (Å²) in [5.41, 5.74) is 1.21. The third-order valence-electron chi connectivity index (χ3n) is 10.1. The Hall–Kier alpha value is -4.96. The molecule has 2 aliphatic carbocycles. The van der Waals surface area contributed by atoms with E-state index in [1.165, 1.54) is 28.9 Å². The number of benzene rings is 1. The Kier molecular flexibility index (Phi) is 7.63. The van der Waals surface area contributed by atoms with E-state index >= 15 is 0 Å². The largest absolute Gasteiger partial charge is 0.573 e. The second-order valence-corrected chi connectivity index (χ2v) is 13.3. The van der Waals surface area contributed by atoms with Gasteiger partial charge < -0.3 is 29.4 Å². The maximum atomic E-state index is 14.4. The molecule has 17 heteroatoms. The highest BCUT2D eigenvalue weighted by Gasteiger charge is 2.64. The van der Waals surface area contributed by atoms with Crippen molar-refractivity contribution in [3.63, 3.8) is 0 Å². The topological polar surface area (TPSA) is 153 Å². The molecule has 2 atom stereocenters. The molecule has 50 heavy (non-hydrogen) atoms. The molecule has 13 nitrogen and oxygen atoms in total. The second kappa shape index (κ2) is 11.8. The smallest absolute Gasteiger partial charge is 0.505 e. The molecule has 3 aromatic heterocycles. The first-order chi connectivity index (χ1) is 23.9. The molecule has 0 radical (unpaired) electrons. The Labute approximate surface area is 286 Å². The number of halogens is 4. The van der Waals surface area contributed by atoms with E-state index in [9.17, 15) is 32.7 Å². The summed E-state index contributed by atoms with van der Waals surface area (Å²) in [7, 11) is 0. The molecule has 4 aromatic rings. The van der Waals surface area contributed by atoms with Gasteiger partial charge in [-0.2, -0.15) is 9.50 Å². The number of aromatic nitrogens is 5. The molecular weight excluding hydrogens is 683 g/mol. The van der Waals surface area contributed by atoms with Crippen LogP contribution in [0.2, 0.25) is 5.02 Å². The number of aromatic hydroxyl groups is 1.